The Bertz CT molecular complexity index is 1300. The van der Waals surface area contributed by atoms with E-state index in [1.54, 1.807) is 16.7 Å². The van der Waals surface area contributed by atoms with Crippen LogP contribution in [0.25, 0.3) is 11.0 Å². The number of carbonyl (C=O) groups excluding carboxylic acids is 2. The van der Waals surface area contributed by atoms with Crippen LogP contribution in [0.15, 0.2) is 36.4 Å². The largest absolute Gasteiger partial charge is 0.507 e. The van der Waals surface area contributed by atoms with Gasteiger partial charge in [0.1, 0.15) is 5.75 Å². The summed E-state index contributed by atoms with van der Waals surface area (Å²) < 4.78 is 3.59. The van der Waals surface area contributed by atoms with Crippen LogP contribution in [-0.4, -0.2) is 32.5 Å². The number of para-hydroxylation sites is 2. The summed E-state index contributed by atoms with van der Waals surface area (Å²) in [5, 5.41) is 22.7. The van der Waals surface area contributed by atoms with Gasteiger partial charge >= 0.3 is 0 Å². The molecule has 0 aliphatic carbocycles. The molecule has 0 bridgehead atoms. The Morgan fingerprint density at radius 1 is 0.946 bits per heavy atom. The molecule has 3 aromatic rings. The lowest BCUT2D eigenvalue weighted by atomic mass is 9.78. The van der Waals surface area contributed by atoms with E-state index < -0.39 is 0 Å². The van der Waals surface area contributed by atoms with Gasteiger partial charge in [0.25, 0.3) is 0 Å². The Balaban J connectivity index is 0.00000481. The molecule has 1 amide bonds. The molecule has 0 aliphatic heterocycles. The number of ketones is 1. The number of aryl methyl sites for hydroxylation is 1. The van der Waals surface area contributed by atoms with Crippen LogP contribution < -0.4 is 10.9 Å². The van der Waals surface area contributed by atoms with E-state index in [0.29, 0.717) is 31.5 Å². The average Bonchev–Trinajstić information content (AvgIpc) is 3.03. The molecular weight excluding hydrogens is 532 g/mol. The first-order chi connectivity index (χ1) is 16.8. The van der Waals surface area contributed by atoms with Crippen LogP contribution in [0.1, 0.15) is 82.8 Å². The molecule has 37 heavy (non-hydrogen) atoms. The van der Waals surface area contributed by atoms with E-state index in [2.05, 4.69) is 5.32 Å². The summed E-state index contributed by atoms with van der Waals surface area (Å²) in [5.74, 6) is 0.124. The number of carbonyl (C=O) groups is 2. The van der Waals surface area contributed by atoms with Crippen molar-refractivity contribution in [1.82, 2.24) is 14.5 Å². The second-order valence-electron chi connectivity index (χ2n) is 11.5. The Morgan fingerprint density at radius 2 is 1.46 bits per heavy atom. The normalized spacial score (nSPS) is 11.9. The second-order valence-corrected chi connectivity index (χ2v) is 11.5. The zero-order valence-corrected chi connectivity index (χ0v) is 24.8. The first kappa shape index (κ1) is 30.4. The van der Waals surface area contributed by atoms with Crippen LogP contribution in [0, 0.1) is 5.41 Å². The molecule has 7 nitrogen and oxygen atoms in total. The SMILES string of the molecule is Br.CCNC(=O)CCCn1c(=N)n(CC(=O)c2cc(C(C)(C)C)c(O)c(C(C)(C)C)c2)c2ccccc21. The van der Waals surface area contributed by atoms with Crippen molar-refractivity contribution in [3.63, 3.8) is 0 Å². The number of phenols is 1. The number of benzene rings is 2. The number of Topliss-reactive ketones (excluding diaryl/α,β-unsaturated/α-hetero) is 1. The molecule has 0 saturated heterocycles. The van der Waals surface area contributed by atoms with Gasteiger partial charge in [-0.3, -0.25) is 15.0 Å². The van der Waals surface area contributed by atoms with Crippen molar-refractivity contribution in [2.24, 2.45) is 0 Å². The first-order valence-electron chi connectivity index (χ1n) is 12.7. The number of hydrogen-bond donors (Lipinski definition) is 3. The Hall–Kier alpha value is -2.87. The van der Waals surface area contributed by atoms with Crippen LogP contribution in [0.5, 0.6) is 5.75 Å². The van der Waals surface area contributed by atoms with E-state index in [9.17, 15) is 14.7 Å². The summed E-state index contributed by atoms with van der Waals surface area (Å²) in [4.78, 5) is 25.5. The molecule has 0 fully saturated rings. The van der Waals surface area contributed by atoms with E-state index in [4.69, 9.17) is 5.41 Å². The van der Waals surface area contributed by atoms with Gasteiger partial charge in [-0.15, -0.1) is 17.0 Å². The minimum atomic E-state index is -0.339. The molecule has 0 spiro atoms. The van der Waals surface area contributed by atoms with Crippen molar-refractivity contribution < 1.29 is 14.7 Å². The molecule has 0 radical (unpaired) electrons. The molecular formula is C29H41BrN4O3. The summed E-state index contributed by atoms with van der Waals surface area (Å²) >= 11 is 0. The van der Waals surface area contributed by atoms with Crippen molar-refractivity contribution in [1.29, 1.82) is 5.41 Å². The van der Waals surface area contributed by atoms with E-state index in [-0.39, 0.29) is 57.4 Å². The summed E-state index contributed by atoms with van der Waals surface area (Å²) in [6, 6.07) is 11.3. The quantitative estimate of drug-likeness (QED) is 0.306. The van der Waals surface area contributed by atoms with E-state index in [1.807, 2.05) is 77.3 Å². The Kier molecular flexibility index (Phi) is 9.58. The number of rotatable bonds is 8. The molecule has 8 heteroatoms. The van der Waals surface area contributed by atoms with Crippen LogP contribution in [0.4, 0.5) is 0 Å². The molecule has 1 aromatic heterocycles. The molecule has 1 heterocycles. The van der Waals surface area contributed by atoms with Gasteiger partial charge in [-0.25, -0.2) is 0 Å². The number of imidazole rings is 1. The number of nitrogens with one attached hydrogen (secondary N) is 2. The lowest BCUT2D eigenvalue weighted by Gasteiger charge is -2.28. The lowest BCUT2D eigenvalue weighted by Crippen LogP contribution is -2.28. The highest BCUT2D eigenvalue weighted by molar-refractivity contribution is 8.93. The number of nitrogens with zero attached hydrogens (tertiary/aromatic N) is 2. The second kappa shape index (κ2) is 11.7. The highest BCUT2D eigenvalue weighted by atomic mass is 79.9. The molecule has 3 rings (SSSR count). The van der Waals surface area contributed by atoms with Gasteiger partial charge in [-0.2, -0.15) is 0 Å². The molecule has 0 aliphatic rings. The zero-order valence-electron chi connectivity index (χ0n) is 23.1. The molecule has 202 valence electrons. The predicted octanol–water partition coefficient (Wildman–Crippen LogP) is 5.60. The van der Waals surface area contributed by atoms with Crippen LogP contribution in [0.3, 0.4) is 0 Å². The van der Waals surface area contributed by atoms with Gasteiger partial charge in [-0.05, 0) is 48.4 Å². The van der Waals surface area contributed by atoms with Crippen molar-refractivity contribution >= 4 is 39.7 Å². The van der Waals surface area contributed by atoms with Gasteiger partial charge in [-0.1, -0.05) is 53.7 Å². The fourth-order valence-electron chi connectivity index (χ4n) is 4.54. The number of aromatic nitrogens is 2. The highest BCUT2D eigenvalue weighted by Crippen LogP contribution is 2.40. The maximum absolute atomic E-state index is 13.6. The number of amides is 1. The zero-order chi connectivity index (χ0) is 26.8. The van der Waals surface area contributed by atoms with Crippen LogP contribution in [-0.2, 0) is 28.7 Å². The van der Waals surface area contributed by atoms with Gasteiger partial charge in [0.15, 0.2) is 5.78 Å². The van der Waals surface area contributed by atoms with Gasteiger partial charge in [0.05, 0.1) is 17.6 Å². The van der Waals surface area contributed by atoms with Gasteiger partial charge < -0.3 is 19.6 Å². The standard InChI is InChI=1S/C29H40N4O3.BrH/c1-8-31-25(35)14-11-15-32-22-12-9-10-13-23(22)33(27(32)30)18-24(34)19-16-20(28(2,3)4)26(36)21(17-19)29(5,6)7;/h9-10,12-13,16-17,30,36H,8,11,14-15,18H2,1-7H3,(H,31,35);1H. The monoisotopic (exact) mass is 572 g/mol. The third kappa shape index (κ3) is 6.72. The Labute approximate surface area is 230 Å². The number of hydrogen-bond acceptors (Lipinski definition) is 4. The van der Waals surface area contributed by atoms with Gasteiger partial charge in [0.2, 0.25) is 11.5 Å². The fraction of sp³-hybridized carbons (Fsp3) is 0.483. The minimum Gasteiger partial charge on any atom is -0.507 e. The number of phenolic OH excluding ortho intramolecular Hbond substituents is 1. The van der Waals surface area contributed by atoms with E-state index in [0.717, 1.165) is 22.2 Å². The van der Waals surface area contributed by atoms with E-state index >= 15 is 0 Å². The molecule has 0 saturated carbocycles. The molecule has 0 atom stereocenters. The summed E-state index contributed by atoms with van der Waals surface area (Å²) in [7, 11) is 0. The van der Waals surface area contributed by atoms with Crippen LogP contribution >= 0.6 is 17.0 Å². The van der Waals surface area contributed by atoms with Crippen LogP contribution in [0.2, 0.25) is 0 Å². The van der Waals surface area contributed by atoms with Crippen molar-refractivity contribution in [2.75, 3.05) is 6.54 Å². The molecule has 2 aromatic carbocycles. The number of fused-ring (bicyclic) bond motifs is 1. The number of aromatic hydroxyl groups is 1. The first-order valence-corrected chi connectivity index (χ1v) is 12.7. The van der Waals surface area contributed by atoms with Crippen molar-refractivity contribution in [3.8, 4) is 5.75 Å². The Morgan fingerprint density at radius 3 is 1.95 bits per heavy atom. The topological polar surface area (TPSA) is 100 Å². The highest BCUT2D eigenvalue weighted by Gasteiger charge is 2.28. The molecule has 0 unspecified atom stereocenters. The summed E-state index contributed by atoms with van der Waals surface area (Å²) in [6.45, 7) is 15.1. The molecule has 3 N–H and O–H groups in total. The average molecular weight is 574 g/mol. The predicted molar refractivity (Wildman–Crippen MR) is 154 cm³/mol. The number of halogens is 1. The van der Waals surface area contributed by atoms with E-state index in [1.165, 1.54) is 0 Å². The smallest absolute Gasteiger partial charge is 0.220 e. The maximum Gasteiger partial charge on any atom is 0.220 e. The summed E-state index contributed by atoms with van der Waals surface area (Å²) in [6.07, 6.45) is 0.990. The minimum absolute atomic E-state index is 0. The maximum atomic E-state index is 13.6. The lowest BCUT2D eigenvalue weighted by molar-refractivity contribution is -0.121. The summed E-state index contributed by atoms with van der Waals surface area (Å²) in [5.41, 5.74) is 3.23. The van der Waals surface area contributed by atoms with Crippen molar-refractivity contribution in [2.45, 2.75) is 85.2 Å². The third-order valence-electron chi connectivity index (χ3n) is 6.48. The van der Waals surface area contributed by atoms with Crippen molar-refractivity contribution in [3.05, 3.63) is 58.7 Å². The fourth-order valence-corrected chi connectivity index (χ4v) is 4.54. The van der Waals surface area contributed by atoms with Gasteiger partial charge in [0, 0.05) is 36.2 Å². The third-order valence-corrected chi connectivity index (χ3v) is 6.48.